The molecule has 11 heteroatoms. The van der Waals surface area contributed by atoms with Crippen LogP contribution in [0, 0.1) is 0 Å². The summed E-state index contributed by atoms with van der Waals surface area (Å²) in [7, 11) is -3.04. The number of methoxy groups -OCH3 is 1. The summed E-state index contributed by atoms with van der Waals surface area (Å²) in [6, 6.07) is 15.6. The minimum Gasteiger partial charge on any atom is -0.495 e. The van der Waals surface area contributed by atoms with Gasteiger partial charge < -0.3 is 19.1 Å². The van der Waals surface area contributed by atoms with E-state index in [2.05, 4.69) is 5.32 Å². The summed E-state index contributed by atoms with van der Waals surface area (Å²) in [6.07, 6.45) is -4.70. The maximum absolute atomic E-state index is 13.0. The number of halogens is 3. The second-order valence-corrected chi connectivity index (χ2v) is 9.61. The number of nitrogens with one attached hydrogen (secondary N) is 1. The number of alkyl halides is 3. The monoisotopic (exact) mass is 522 g/mol. The van der Waals surface area contributed by atoms with Gasteiger partial charge in [-0.05, 0) is 61.9 Å². The van der Waals surface area contributed by atoms with E-state index in [1.165, 1.54) is 30.2 Å². The standard InChI is InChI=1S/C25H25F3N2O5S/c1-17(2)30(24(31)29-22-12-4-5-13-23(22)34-3)16-18-8-6-10-20(14-18)35-36(32,33)21-11-7-9-19(15-21)25(26,27)28/h4-15,17H,16H2,1-3H3,(H,29,31). The van der Waals surface area contributed by atoms with Crippen molar-refractivity contribution in [2.24, 2.45) is 0 Å². The van der Waals surface area contributed by atoms with E-state index in [4.69, 9.17) is 8.92 Å². The van der Waals surface area contributed by atoms with E-state index in [1.807, 2.05) is 13.8 Å². The Hall–Kier alpha value is -3.73. The molecule has 7 nitrogen and oxygen atoms in total. The molecule has 0 saturated heterocycles. The molecule has 3 aromatic carbocycles. The minimum atomic E-state index is -4.70. The number of urea groups is 1. The summed E-state index contributed by atoms with van der Waals surface area (Å²) in [5.41, 5.74) is -0.0647. The van der Waals surface area contributed by atoms with E-state index in [0.29, 0.717) is 23.1 Å². The fourth-order valence-electron chi connectivity index (χ4n) is 3.32. The molecule has 0 bridgehead atoms. The number of ether oxygens (including phenoxy) is 1. The molecule has 3 aromatic rings. The van der Waals surface area contributed by atoms with Crippen molar-refractivity contribution in [1.29, 1.82) is 0 Å². The minimum absolute atomic E-state index is 0.0984. The van der Waals surface area contributed by atoms with Crippen LogP contribution in [0.5, 0.6) is 11.5 Å². The van der Waals surface area contributed by atoms with Crippen LogP contribution in [0.15, 0.2) is 77.7 Å². The summed E-state index contributed by atoms with van der Waals surface area (Å²) in [4.78, 5) is 13.9. The smallest absolute Gasteiger partial charge is 0.416 e. The largest absolute Gasteiger partial charge is 0.495 e. The van der Waals surface area contributed by atoms with Gasteiger partial charge in [-0.25, -0.2) is 4.79 Å². The Bertz CT molecular complexity index is 1330. The lowest BCUT2D eigenvalue weighted by molar-refractivity contribution is -0.137. The normalized spacial score (nSPS) is 11.8. The number of amides is 2. The van der Waals surface area contributed by atoms with E-state index in [1.54, 1.807) is 30.3 Å². The quantitative estimate of drug-likeness (QED) is 0.371. The van der Waals surface area contributed by atoms with Crippen molar-refractivity contribution in [3.05, 3.63) is 83.9 Å². The number of anilines is 1. The van der Waals surface area contributed by atoms with Crippen LogP contribution in [0.2, 0.25) is 0 Å². The lowest BCUT2D eigenvalue weighted by Gasteiger charge is -2.27. The van der Waals surface area contributed by atoms with Crippen molar-refractivity contribution in [3.63, 3.8) is 0 Å². The van der Waals surface area contributed by atoms with Gasteiger partial charge in [0.05, 0.1) is 18.4 Å². The van der Waals surface area contributed by atoms with Gasteiger partial charge in [0.15, 0.2) is 0 Å². The molecular formula is C25H25F3N2O5S. The zero-order valence-corrected chi connectivity index (χ0v) is 20.6. The third kappa shape index (κ3) is 6.69. The summed E-state index contributed by atoms with van der Waals surface area (Å²) < 4.78 is 74.6. The van der Waals surface area contributed by atoms with E-state index < -0.39 is 32.8 Å². The number of hydrogen-bond acceptors (Lipinski definition) is 5. The number of rotatable bonds is 8. The molecule has 192 valence electrons. The van der Waals surface area contributed by atoms with E-state index in [-0.39, 0.29) is 18.3 Å². The molecule has 0 atom stereocenters. The fraction of sp³-hybridized carbons (Fsp3) is 0.240. The van der Waals surface area contributed by atoms with E-state index in [0.717, 1.165) is 18.2 Å². The topological polar surface area (TPSA) is 84.9 Å². The summed E-state index contributed by atoms with van der Waals surface area (Å²) in [6.45, 7) is 3.75. The molecule has 3 rings (SSSR count). The van der Waals surface area contributed by atoms with Crippen molar-refractivity contribution >= 4 is 21.8 Å². The second-order valence-electron chi connectivity index (χ2n) is 8.06. The first kappa shape index (κ1) is 26.9. The highest BCUT2D eigenvalue weighted by Crippen LogP contribution is 2.31. The lowest BCUT2D eigenvalue weighted by atomic mass is 10.2. The maximum Gasteiger partial charge on any atom is 0.416 e. The number of para-hydroxylation sites is 2. The molecule has 0 unspecified atom stereocenters. The molecule has 0 saturated carbocycles. The van der Waals surface area contributed by atoms with Gasteiger partial charge in [0.2, 0.25) is 0 Å². The SMILES string of the molecule is COc1ccccc1NC(=O)N(Cc1cccc(OS(=O)(=O)c2cccc(C(F)(F)F)c2)c1)C(C)C. The van der Waals surface area contributed by atoms with Gasteiger partial charge in [-0.3, -0.25) is 0 Å². The van der Waals surface area contributed by atoms with Gasteiger partial charge in [0.1, 0.15) is 16.4 Å². The van der Waals surface area contributed by atoms with Crippen LogP contribution in [0.25, 0.3) is 0 Å². The van der Waals surface area contributed by atoms with Gasteiger partial charge >= 0.3 is 22.3 Å². The number of carbonyl (C=O) groups is 1. The van der Waals surface area contributed by atoms with Gasteiger partial charge in [-0.2, -0.15) is 21.6 Å². The fourth-order valence-corrected chi connectivity index (χ4v) is 4.29. The van der Waals surface area contributed by atoms with Crippen LogP contribution < -0.4 is 14.2 Å². The molecular weight excluding hydrogens is 497 g/mol. The molecule has 1 N–H and O–H groups in total. The van der Waals surface area contributed by atoms with Gasteiger partial charge in [-0.1, -0.05) is 30.3 Å². The lowest BCUT2D eigenvalue weighted by Crippen LogP contribution is -2.39. The Morgan fingerprint density at radius 3 is 2.36 bits per heavy atom. The predicted octanol–water partition coefficient (Wildman–Crippen LogP) is 5.92. The summed E-state index contributed by atoms with van der Waals surface area (Å²) in [5.74, 6) is 0.392. The van der Waals surface area contributed by atoms with Crippen molar-refractivity contribution in [3.8, 4) is 11.5 Å². The van der Waals surface area contributed by atoms with Crippen LogP contribution in [-0.2, 0) is 22.8 Å². The van der Waals surface area contributed by atoms with Crippen molar-refractivity contribution in [2.75, 3.05) is 12.4 Å². The Kier molecular flexibility index (Phi) is 8.13. The van der Waals surface area contributed by atoms with Crippen LogP contribution in [0.1, 0.15) is 25.0 Å². The molecule has 0 spiro atoms. The Balaban J connectivity index is 1.79. The van der Waals surface area contributed by atoms with Crippen LogP contribution in [0.4, 0.5) is 23.7 Å². The van der Waals surface area contributed by atoms with Crippen LogP contribution >= 0.6 is 0 Å². The van der Waals surface area contributed by atoms with Crippen molar-refractivity contribution < 1.29 is 35.3 Å². The number of nitrogens with zero attached hydrogens (tertiary/aromatic N) is 1. The van der Waals surface area contributed by atoms with Gasteiger partial charge in [-0.15, -0.1) is 0 Å². The average Bonchev–Trinajstić information content (AvgIpc) is 2.82. The molecule has 0 radical (unpaired) electrons. The maximum atomic E-state index is 13.0. The zero-order valence-electron chi connectivity index (χ0n) is 19.7. The summed E-state index contributed by atoms with van der Waals surface area (Å²) >= 11 is 0. The molecule has 2 amide bonds. The molecule has 36 heavy (non-hydrogen) atoms. The van der Waals surface area contributed by atoms with Gasteiger partial charge in [0, 0.05) is 12.6 Å². The number of carbonyl (C=O) groups excluding carboxylic acids is 1. The second kappa shape index (κ2) is 10.9. The third-order valence-corrected chi connectivity index (χ3v) is 6.38. The Morgan fingerprint density at radius 2 is 1.69 bits per heavy atom. The molecule has 0 aliphatic carbocycles. The first-order valence-corrected chi connectivity index (χ1v) is 12.2. The first-order chi connectivity index (χ1) is 16.9. The highest BCUT2D eigenvalue weighted by Gasteiger charge is 2.32. The molecule has 0 aliphatic heterocycles. The van der Waals surface area contributed by atoms with Crippen LogP contribution in [-0.4, -0.2) is 32.5 Å². The summed E-state index contributed by atoms with van der Waals surface area (Å²) in [5, 5.41) is 2.80. The molecule has 0 heterocycles. The molecule has 0 aromatic heterocycles. The highest BCUT2D eigenvalue weighted by atomic mass is 32.2. The van der Waals surface area contributed by atoms with Crippen molar-refractivity contribution in [1.82, 2.24) is 4.90 Å². The Labute approximate surface area is 207 Å². The van der Waals surface area contributed by atoms with Crippen molar-refractivity contribution in [2.45, 2.75) is 37.5 Å². The predicted molar refractivity (Wildman–Crippen MR) is 128 cm³/mol. The molecule has 0 aliphatic rings. The van der Waals surface area contributed by atoms with E-state index in [9.17, 15) is 26.4 Å². The third-order valence-electron chi connectivity index (χ3n) is 5.14. The van der Waals surface area contributed by atoms with Gasteiger partial charge in [0.25, 0.3) is 0 Å². The first-order valence-electron chi connectivity index (χ1n) is 10.8. The van der Waals surface area contributed by atoms with Crippen LogP contribution in [0.3, 0.4) is 0 Å². The number of benzene rings is 3. The average molecular weight is 523 g/mol. The van der Waals surface area contributed by atoms with E-state index >= 15 is 0 Å². The number of hydrogen-bond donors (Lipinski definition) is 1. The Morgan fingerprint density at radius 1 is 1.00 bits per heavy atom. The molecule has 0 fully saturated rings. The highest BCUT2D eigenvalue weighted by molar-refractivity contribution is 7.87. The zero-order chi connectivity index (χ0) is 26.5.